The van der Waals surface area contributed by atoms with Crippen molar-refractivity contribution in [1.29, 1.82) is 5.26 Å². The molecule has 3 nitrogen and oxygen atoms in total. The molecule has 4 heteroatoms. The number of rotatable bonds is 3. The third kappa shape index (κ3) is 3.28. The van der Waals surface area contributed by atoms with Crippen LogP contribution in [0.4, 0.5) is 0 Å². The number of thiol groups is 1. The Kier molecular flexibility index (Phi) is 4.39. The Labute approximate surface area is 101 Å². The van der Waals surface area contributed by atoms with E-state index in [2.05, 4.69) is 18.7 Å². The molecule has 84 valence electrons. The van der Waals surface area contributed by atoms with Crippen molar-refractivity contribution in [2.45, 2.75) is 18.7 Å². The van der Waals surface area contributed by atoms with Crippen LogP contribution in [0.2, 0.25) is 0 Å². The third-order valence-corrected chi connectivity index (χ3v) is 2.43. The fraction of sp³-hybridized carbons (Fsp3) is 0.333. The molecule has 0 heterocycles. The van der Waals surface area contributed by atoms with E-state index in [1.165, 1.54) is 0 Å². The molecule has 0 saturated carbocycles. The second kappa shape index (κ2) is 5.57. The largest absolute Gasteiger partial charge is 0.340 e. The van der Waals surface area contributed by atoms with E-state index in [0.717, 1.165) is 5.56 Å². The number of benzene rings is 1. The van der Waals surface area contributed by atoms with Crippen LogP contribution in [0.15, 0.2) is 24.3 Å². The van der Waals surface area contributed by atoms with E-state index in [0.29, 0.717) is 12.1 Å². The van der Waals surface area contributed by atoms with Crippen molar-refractivity contribution in [3.05, 3.63) is 35.4 Å². The van der Waals surface area contributed by atoms with Gasteiger partial charge in [-0.15, -0.1) is 0 Å². The van der Waals surface area contributed by atoms with E-state index in [4.69, 9.17) is 5.26 Å². The minimum absolute atomic E-state index is 0.0225. The molecule has 0 radical (unpaired) electrons. The molecule has 1 aromatic rings. The number of nitriles is 1. The molecule has 1 amide bonds. The Morgan fingerprint density at radius 3 is 2.88 bits per heavy atom. The van der Waals surface area contributed by atoms with Gasteiger partial charge in [0.1, 0.15) is 0 Å². The van der Waals surface area contributed by atoms with Crippen LogP contribution >= 0.6 is 12.6 Å². The number of hydrogen-bond acceptors (Lipinski definition) is 3. The van der Waals surface area contributed by atoms with Gasteiger partial charge in [-0.3, -0.25) is 4.79 Å². The zero-order valence-electron chi connectivity index (χ0n) is 9.34. The van der Waals surface area contributed by atoms with E-state index < -0.39 is 0 Å². The van der Waals surface area contributed by atoms with Gasteiger partial charge in [-0.05, 0) is 24.6 Å². The lowest BCUT2D eigenvalue weighted by Gasteiger charge is -2.19. The molecule has 0 bridgehead atoms. The van der Waals surface area contributed by atoms with Crippen LogP contribution in [0.1, 0.15) is 18.1 Å². The highest BCUT2D eigenvalue weighted by Gasteiger charge is 2.13. The average molecular weight is 234 g/mol. The van der Waals surface area contributed by atoms with E-state index in [1.807, 2.05) is 12.1 Å². The average Bonchev–Trinajstić information content (AvgIpc) is 2.28. The van der Waals surface area contributed by atoms with Crippen LogP contribution < -0.4 is 0 Å². The second-order valence-electron chi connectivity index (χ2n) is 3.68. The summed E-state index contributed by atoms with van der Waals surface area (Å²) in [6.07, 6.45) is 0. The van der Waals surface area contributed by atoms with Gasteiger partial charge in [-0.1, -0.05) is 12.1 Å². The lowest BCUT2D eigenvalue weighted by Crippen LogP contribution is -2.31. The van der Waals surface area contributed by atoms with Crippen molar-refractivity contribution < 1.29 is 4.79 Å². The van der Waals surface area contributed by atoms with Gasteiger partial charge in [-0.2, -0.15) is 17.9 Å². The lowest BCUT2D eigenvalue weighted by atomic mass is 10.1. The maximum absolute atomic E-state index is 11.6. The van der Waals surface area contributed by atoms with Gasteiger partial charge in [0, 0.05) is 13.6 Å². The number of hydrogen-bond donors (Lipinski definition) is 1. The summed E-state index contributed by atoms with van der Waals surface area (Å²) in [5.41, 5.74) is 1.56. The molecule has 1 aromatic carbocycles. The van der Waals surface area contributed by atoms with Crippen molar-refractivity contribution >= 4 is 18.5 Å². The molecule has 0 aliphatic rings. The Morgan fingerprint density at radius 2 is 2.31 bits per heavy atom. The molecule has 16 heavy (non-hydrogen) atoms. The van der Waals surface area contributed by atoms with Gasteiger partial charge in [0.05, 0.1) is 16.9 Å². The maximum Gasteiger partial charge on any atom is 0.235 e. The summed E-state index contributed by atoms with van der Waals surface area (Å²) < 4.78 is 0. The molecule has 0 aromatic heterocycles. The lowest BCUT2D eigenvalue weighted by molar-refractivity contribution is -0.129. The number of amides is 1. The highest BCUT2D eigenvalue weighted by Crippen LogP contribution is 2.08. The highest BCUT2D eigenvalue weighted by atomic mass is 32.1. The van der Waals surface area contributed by atoms with Crippen LogP contribution in [0.25, 0.3) is 0 Å². The molecule has 0 spiro atoms. The minimum Gasteiger partial charge on any atom is -0.340 e. The van der Waals surface area contributed by atoms with Crippen LogP contribution in [-0.2, 0) is 11.3 Å². The summed E-state index contributed by atoms with van der Waals surface area (Å²) in [6.45, 7) is 2.24. The molecule has 1 atom stereocenters. The highest BCUT2D eigenvalue weighted by molar-refractivity contribution is 7.81. The summed E-state index contributed by atoms with van der Waals surface area (Å²) in [6, 6.07) is 9.31. The molecule has 1 rings (SSSR count). The smallest absolute Gasteiger partial charge is 0.235 e. The van der Waals surface area contributed by atoms with Gasteiger partial charge in [-0.25, -0.2) is 0 Å². The monoisotopic (exact) mass is 234 g/mol. The summed E-state index contributed by atoms with van der Waals surface area (Å²) >= 11 is 4.09. The SMILES string of the molecule is CC(S)C(=O)N(C)Cc1cccc(C#N)c1. The summed E-state index contributed by atoms with van der Waals surface area (Å²) in [7, 11) is 1.73. The Morgan fingerprint density at radius 1 is 1.62 bits per heavy atom. The van der Waals surface area contributed by atoms with Crippen LogP contribution in [0, 0.1) is 11.3 Å². The van der Waals surface area contributed by atoms with Crippen LogP contribution in [0.3, 0.4) is 0 Å². The molecule has 0 fully saturated rings. The Balaban J connectivity index is 2.74. The van der Waals surface area contributed by atoms with Gasteiger partial charge >= 0.3 is 0 Å². The minimum atomic E-state index is -0.302. The van der Waals surface area contributed by atoms with E-state index in [1.54, 1.807) is 31.0 Å². The Hall–Kier alpha value is -1.47. The van der Waals surface area contributed by atoms with Crippen molar-refractivity contribution in [2.24, 2.45) is 0 Å². The summed E-state index contributed by atoms with van der Waals surface area (Å²) in [4.78, 5) is 13.2. The van der Waals surface area contributed by atoms with Crippen molar-refractivity contribution in [1.82, 2.24) is 4.90 Å². The normalized spacial score (nSPS) is 11.6. The first kappa shape index (κ1) is 12.6. The number of carbonyl (C=O) groups excluding carboxylic acids is 1. The van der Waals surface area contributed by atoms with E-state index in [9.17, 15) is 4.79 Å². The molecule has 0 saturated heterocycles. The molecule has 0 N–H and O–H groups in total. The Bertz CT molecular complexity index is 423. The first-order valence-electron chi connectivity index (χ1n) is 4.96. The predicted molar refractivity (Wildman–Crippen MR) is 66.1 cm³/mol. The predicted octanol–water partition coefficient (Wildman–Crippen LogP) is 1.83. The van der Waals surface area contributed by atoms with E-state index >= 15 is 0 Å². The van der Waals surface area contributed by atoms with Gasteiger partial charge < -0.3 is 4.90 Å². The summed E-state index contributed by atoms with van der Waals surface area (Å²) in [5, 5.41) is 8.45. The molecular weight excluding hydrogens is 220 g/mol. The number of nitrogens with zero attached hydrogens (tertiary/aromatic N) is 2. The fourth-order valence-corrected chi connectivity index (χ4v) is 1.61. The zero-order valence-corrected chi connectivity index (χ0v) is 10.2. The van der Waals surface area contributed by atoms with Crippen LogP contribution in [0.5, 0.6) is 0 Å². The maximum atomic E-state index is 11.6. The molecule has 1 unspecified atom stereocenters. The third-order valence-electron chi connectivity index (χ3n) is 2.21. The number of carbonyl (C=O) groups is 1. The topological polar surface area (TPSA) is 44.1 Å². The summed E-state index contributed by atoms with van der Waals surface area (Å²) in [5.74, 6) is -0.0225. The second-order valence-corrected chi connectivity index (χ2v) is 4.46. The van der Waals surface area contributed by atoms with Crippen molar-refractivity contribution in [3.8, 4) is 6.07 Å². The van der Waals surface area contributed by atoms with Crippen LogP contribution in [-0.4, -0.2) is 23.1 Å². The van der Waals surface area contributed by atoms with Crippen molar-refractivity contribution in [3.63, 3.8) is 0 Å². The zero-order chi connectivity index (χ0) is 12.1. The van der Waals surface area contributed by atoms with Gasteiger partial charge in [0.25, 0.3) is 0 Å². The van der Waals surface area contributed by atoms with Gasteiger partial charge in [0.15, 0.2) is 0 Å². The fourth-order valence-electron chi connectivity index (χ4n) is 1.41. The standard InChI is InChI=1S/C12H14N2OS/c1-9(16)12(15)14(2)8-11-5-3-4-10(6-11)7-13/h3-6,9,16H,8H2,1-2H3. The first-order chi connectivity index (χ1) is 7.54. The van der Waals surface area contributed by atoms with E-state index in [-0.39, 0.29) is 11.2 Å². The molecule has 0 aliphatic carbocycles. The molecule has 0 aliphatic heterocycles. The van der Waals surface area contributed by atoms with Crippen molar-refractivity contribution in [2.75, 3.05) is 7.05 Å². The molecular formula is C12H14N2OS. The van der Waals surface area contributed by atoms with Gasteiger partial charge in [0.2, 0.25) is 5.91 Å². The first-order valence-corrected chi connectivity index (χ1v) is 5.48. The quantitative estimate of drug-likeness (QED) is 0.811.